The minimum atomic E-state index is -1.03. The molecule has 0 fully saturated rings. The Morgan fingerprint density at radius 1 is 1.27 bits per heavy atom. The number of aromatic carboxylic acids is 1. The van der Waals surface area contributed by atoms with Gasteiger partial charge in [-0.2, -0.15) is 0 Å². The van der Waals surface area contributed by atoms with Crippen LogP contribution in [0.25, 0.3) is 0 Å². The Bertz CT molecular complexity index is 729. The van der Waals surface area contributed by atoms with Crippen LogP contribution in [0.1, 0.15) is 52.1 Å². The van der Waals surface area contributed by atoms with E-state index in [2.05, 4.69) is 10.3 Å². The summed E-state index contributed by atoms with van der Waals surface area (Å²) < 4.78 is 0. The van der Waals surface area contributed by atoms with Gasteiger partial charge in [-0.15, -0.1) is 0 Å². The van der Waals surface area contributed by atoms with Gasteiger partial charge in [0.2, 0.25) is 0 Å². The first-order valence-electron chi connectivity index (χ1n) is 6.81. The predicted octanol–water partition coefficient (Wildman–Crippen LogP) is 3.70. The number of amides is 1. The van der Waals surface area contributed by atoms with Crippen molar-refractivity contribution >= 4 is 28.3 Å². The zero-order valence-corrected chi connectivity index (χ0v) is 13.7. The molecule has 2 rings (SSSR count). The molecule has 0 spiro atoms. The summed E-state index contributed by atoms with van der Waals surface area (Å²) >= 11 is 0.979. The fourth-order valence-electron chi connectivity index (χ4n) is 1.98. The molecular formula is C16H18N2O3S. The van der Waals surface area contributed by atoms with Gasteiger partial charge in [-0.25, -0.2) is 9.78 Å². The average Bonchev–Trinajstić information content (AvgIpc) is 2.83. The van der Waals surface area contributed by atoms with E-state index in [0.717, 1.165) is 16.9 Å². The Kier molecular flexibility index (Phi) is 4.32. The Balaban J connectivity index is 2.31. The van der Waals surface area contributed by atoms with Crippen LogP contribution in [0.5, 0.6) is 0 Å². The van der Waals surface area contributed by atoms with Crippen molar-refractivity contribution in [2.75, 3.05) is 5.32 Å². The maximum atomic E-state index is 12.2. The van der Waals surface area contributed by atoms with Crippen molar-refractivity contribution in [1.29, 1.82) is 0 Å². The third-order valence-electron chi connectivity index (χ3n) is 3.03. The van der Waals surface area contributed by atoms with Gasteiger partial charge in [-0.1, -0.05) is 49.8 Å². The summed E-state index contributed by atoms with van der Waals surface area (Å²) in [5, 5.41) is 12.3. The van der Waals surface area contributed by atoms with Crippen molar-refractivity contribution in [2.24, 2.45) is 0 Å². The van der Waals surface area contributed by atoms with Gasteiger partial charge in [0.15, 0.2) is 5.13 Å². The van der Waals surface area contributed by atoms with Crippen LogP contribution in [0.2, 0.25) is 0 Å². The summed E-state index contributed by atoms with van der Waals surface area (Å²) in [6.07, 6.45) is 0. The largest absolute Gasteiger partial charge is 0.477 e. The van der Waals surface area contributed by atoms with Gasteiger partial charge in [-0.05, 0) is 19.1 Å². The quantitative estimate of drug-likeness (QED) is 0.904. The summed E-state index contributed by atoms with van der Waals surface area (Å²) in [5.74, 6) is -1.33. The first-order chi connectivity index (χ1) is 10.2. The number of rotatable bonds is 3. The van der Waals surface area contributed by atoms with Crippen molar-refractivity contribution in [2.45, 2.75) is 33.1 Å². The molecule has 1 aromatic carbocycles. The molecule has 0 saturated carbocycles. The highest BCUT2D eigenvalue weighted by Gasteiger charge is 2.27. The lowest BCUT2D eigenvalue weighted by Crippen LogP contribution is -2.16. The number of carboxylic acids is 1. The van der Waals surface area contributed by atoms with Crippen LogP contribution in [0, 0.1) is 6.92 Å². The van der Waals surface area contributed by atoms with Crippen molar-refractivity contribution < 1.29 is 14.7 Å². The molecule has 0 saturated heterocycles. The molecule has 116 valence electrons. The first kappa shape index (κ1) is 16.2. The van der Waals surface area contributed by atoms with Gasteiger partial charge in [-0.3, -0.25) is 10.1 Å². The van der Waals surface area contributed by atoms with E-state index in [9.17, 15) is 14.7 Å². The molecule has 0 atom stereocenters. The number of carbonyl (C=O) groups is 2. The third-order valence-corrected chi connectivity index (χ3v) is 3.99. The third kappa shape index (κ3) is 3.51. The molecule has 0 unspecified atom stereocenters. The van der Waals surface area contributed by atoms with Crippen molar-refractivity contribution in [3.05, 3.63) is 46.0 Å². The standard InChI is InChI=1S/C16H18N2O3S/c1-9-6-5-7-10(8-9)13(19)18-15-17-12(16(2,3)4)11(22-15)14(20)21/h5-8H,1-4H3,(H,20,21)(H,17,18,19). The number of hydrogen-bond acceptors (Lipinski definition) is 4. The summed E-state index contributed by atoms with van der Waals surface area (Å²) in [6.45, 7) is 7.57. The average molecular weight is 318 g/mol. The molecule has 0 aliphatic rings. The number of carbonyl (C=O) groups excluding carboxylic acids is 1. The smallest absolute Gasteiger partial charge is 0.347 e. The molecule has 6 heteroatoms. The zero-order valence-electron chi connectivity index (χ0n) is 12.9. The molecule has 1 heterocycles. The summed E-state index contributed by atoms with van der Waals surface area (Å²) in [6, 6.07) is 7.18. The van der Waals surface area contributed by atoms with Gasteiger partial charge in [0.1, 0.15) is 4.88 Å². The minimum absolute atomic E-state index is 0.159. The number of carboxylic acid groups (broad SMARTS) is 1. The highest BCUT2D eigenvalue weighted by molar-refractivity contribution is 7.17. The normalized spacial score (nSPS) is 11.3. The Morgan fingerprint density at radius 2 is 1.95 bits per heavy atom. The van der Waals surface area contributed by atoms with E-state index in [1.165, 1.54) is 0 Å². The van der Waals surface area contributed by atoms with Crippen molar-refractivity contribution in [3.8, 4) is 0 Å². The zero-order chi connectivity index (χ0) is 16.5. The maximum Gasteiger partial charge on any atom is 0.347 e. The molecule has 1 amide bonds. The lowest BCUT2D eigenvalue weighted by molar-refractivity contribution is 0.0699. The van der Waals surface area contributed by atoms with Gasteiger partial charge in [0, 0.05) is 11.0 Å². The second-order valence-corrected chi connectivity index (χ2v) is 7.07. The molecule has 0 bridgehead atoms. The molecule has 0 aliphatic carbocycles. The van der Waals surface area contributed by atoms with E-state index in [1.54, 1.807) is 18.2 Å². The Morgan fingerprint density at radius 3 is 2.45 bits per heavy atom. The lowest BCUT2D eigenvalue weighted by atomic mass is 9.91. The summed E-state index contributed by atoms with van der Waals surface area (Å²) in [5.41, 5.74) is 1.57. The molecule has 1 aromatic heterocycles. The number of hydrogen-bond donors (Lipinski definition) is 2. The number of aryl methyl sites for hydroxylation is 1. The van der Waals surface area contributed by atoms with Gasteiger partial charge in [0.05, 0.1) is 5.69 Å². The topological polar surface area (TPSA) is 79.3 Å². The highest BCUT2D eigenvalue weighted by atomic mass is 32.1. The Hall–Kier alpha value is -2.21. The van der Waals surface area contributed by atoms with Crippen LogP contribution in [0.4, 0.5) is 5.13 Å². The number of aromatic nitrogens is 1. The molecule has 5 nitrogen and oxygen atoms in total. The van der Waals surface area contributed by atoms with Crippen LogP contribution in [-0.2, 0) is 5.41 Å². The van der Waals surface area contributed by atoms with E-state index >= 15 is 0 Å². The van der Waals surface area contributed by atoms with Crippen LogP contribution >= 0.6 is 11.3 Å². The summed E-state index contributed by atoms with van der Waals surface area (Å²) in [4.78, 5) is 28.0. The lowest BCUT2D eigenvalue weighted by Gasteiger charge is -2.15. The van der Waals surface area contributed by atoms with Gasteiger partial charge < -0.3 is 5.11 Å². The molecule has 22 heavy (non-hydrogen) atoms. The van der Waals surface area contributed by atoms with Gasteiger partial charge >= 0.3 is 5.97 Å². The molecule has 2 N–H and O–H groups in total. The van der Waals surface area contributed by atoms with E-state index < -0.39 is 11.4 Å². The van der Waals surface area contributed by atoms with Crippen molar-refractivity contribution in [3.63, 3.8) is 0 Å². The minimum Gasteiger partial charge on any atom is -0.477 e. The fourth-order valence-corrected chi connectivity index (χ4v) is 2.99. The number of thiazole rings is 1. The van der Waals surface area contributed by atoms with E-state index in [1.807, 2.05) is 33.8 Å². The number of nitrogens with one attached hydrogen (secondary N) is 1. The maximum absolute atomic E-state index is 12.2. The van der Waals surface area contributed by atoms with Crippen LogP contribution < -0.4 is 5.32 Å². The van der Waals surface area contributed by atoms with Crippen molar-refractivity contribution in [1.82, 2.24) is 4.98 Å². The molecule has 2 aromatic rings. The van der Waals surface area contributed by atoms with E-state index in [-0.39, 0.29) is 10.8 Å². The number of anilines is 1. The molecular weight excluding hydrogens is 300 g/mol. The first-order valence-corrected chi connectivity index (χ1v) is 7.63. The highest BCUT2D eigenvalue weighted by Crippen LogP contribution is 2.32. The van der Waals surface area contributed by atoms with Crippen LogP contribution in [0.15, 0.2) is 24.3 Å². The number of nitrogens with zero attached hydrogens (tertiary/aromatic N) is 1. The molecule has 0 aliphatic heterocycles. The molecule has 0 radical (unpaired) electrons. The van der Waals surface area contributed by atoms with Crippen LogP contribution in [-0.4, -0.2) is 22.0 Å². The van der Waals surface area contributed by atoms with Gasteiger partial charge in [0.25, 0.3) is 5.91 Å². The second kappa shape index (κ2) is 5.88. The monoisotopic (exact) mass is 318 g/mol. The summed E-state index contributed by atoms with van der Waals surface area (Å²) in [7, 11) is 0. The van der Waals surface area contributed by atoms with Crippen LogP contribution in [0.3, 0.4) is 0 Å². The Labute approximate surface area is 133 Å². The van der Waals surface area contributed by atoms with E-state index in [0.29, 0.717) is 16.4 Å². The SMILES string of the molecule is Cc1cccc(C(=O)Nc2nc(C(C)(C)C)c(C(=O)O)s2)c1. The van der Waals surface area contributed by atoms with E-state index in [4.69, 9.17) is 0 Å². The number of benzene rings is 1. The second-order valence-electron chi connectivity index (χ2n) is 6.08. The predicted molar refractivity (Wildman–Crippen MR) is 86.9 cm³/mol. The fraction of sp³-hybridized carbons (Fsp3) is 0.312.